The number of aryl methyl sites for hydroxylation is 2. The number of nitrogens with zero attached hydrogens (tertiary/aromatic N) is 1. The normalized spacial score (nSPS) is 15.9. The summed E-state index contributed by atoms with van der Waals surface area (Å²) >= 11 is 0. The number of hydrogen-bond donors (Lipinski definition) is 2. The molecule has 7 heteroatoms. The maximum atomic E-state index is 13.8. The standard InChI is InChI=1S/C24H21F2N3O2/c1-12-8-14(26)10-19-16(12)11-20(27-19)24(31)29(2)21-5-3-4-18-22(21)15-7-6-13(25)9-17(15)23(30)28-18/h6-11,21,27H,3-5H2,1-2H3,(H,28,30). The lowest BCUT2D eigenvalue weighted by molar-refractivity contribution is 0.0710. The molecule has 0 aliphatic heterocycles. The van der Waals surface area contributed by atoms with Crippen LogP contribution in [0.2, 0.25) is 0 Å². The Morgan fingerprint density at radius 2 is 1.84 bits per heavy atom. The van der Waals surface area contributed by atoms with Crippen molar-refractivity contribution < 1.29 is 13.6 Å². The van der Waals surface area contributed by atoms with Crippen LogP contribution in [0, 0.1) is 18.6 Å². The average Bonchev–Trinajstić information content (AvgIpc) is 3.17. The molecule has 0 saturated carbocycles. The van der Waals surface area contributed by atoms with Crippen LogP contribution in [0.15, 0.2) is 41.2 Å². The van der Waals surface area contributed by atoms with Crippen molar-refractivity contribution >= 4 is 27.6 Å². The van der Waals surface area contributed by atoms with Crippen LogP contribution in [0.25, 0.3) is 21.7 Å². The number of nitrogens with one attached hydrogen (secondary N) is 2. The second kappa shape index (κ2) is 7.04. The highest BCUT2D eigenvalue weighted by molar-refractivity contribution is 5.99. The minimum atomic E-state index is -0.476. The summed E-state index contributed by atoms with van der Waals surface area (Å²) in [6, 6.07) is 8.47. The third-order valence-corrected chi connectivity index (χ3v) is 6.27. The Bertz CT molecular complexity index is 1420. The molecule has 158 valence electrons. The minimum Gasteiger partial charge on any atom is -0.350 e. The number of pyridine rings is 1. The first-order chi connectivity index (χ1) is 14.8. The van der Waals surface area contributed by atoms with E-state index >= 15 is 0 Å². The molecular weight excluding hydrogens is 400 g/mol. The van der Waals surface area contributed by atoms with Gasteiger partial charge in [0.1, 0.15) is 17.3 Å². The van der Waals surface area contributed by atoms with Gasteiger partial charge in [-0.1, -0.05) is 6.07 Å². The zero-order valence-electron chi connectivity index (χ0n) is 17.2. The van der Waals surface area contributed by atoms with Crippen LogP contribution >= 0.6 is 0 Å². The smallest absolute Gasteiger partial charge is 0.270 e. The van der Waals surface area contributed by atoms with Gasteiger partial charge in [-0.3, -0.25) is 9.59 Å². The molecule has 0 radical (unpaired) electrons. The zero-order valence-corrected chi connectivity index (χ0v) is 17.2. The summed E-state index contributed by atoms with van der Waals surface area (Å²) in [5, 5.41) is 1.75. The van der Waals surface area contributed by atoms with Crippen molar-refractivity contribution in [3.05, 3.63) is 80.9 Å². The van der Waals surface area contributed by atoms with Gasteiger partial charge in [-0.25, -0.2) is 8.78 Å². The van der Waals surface area contributed by atoms with Crippen molar-refractivity contribution in [1.29, 1.82) is 0 Å². The fourth-order valence-corrected chi connectivity index (χ4v) is 4.78. The largest absolute Gasteiger partial charge is 0.350 e. The molecule has 4 aromatic rings. The van der Waals surface area contributed by atoms with E-state index < -0.39 is 5.82 Å². The molecule has 0 spiro atoms. The van der Waals surface area contributed by atoms with Crippen LogP contribution in [-0.2, 0) is 6.42 Å². The van der Waals surface area contributed by atoms with Crippen molar-refractivity contribution in [2.75, 3.05) is 7.05 Å². The van der Waals surface area contributed by atoms with E-state index in [1.807, 2.05) is 0 Å². The molecule has 2 heterocycles. The van der Waals surface area contributed by atoms with Gasteiger partial charge >= 0.3 is 0 Å². The Morgan fingerprint density at radius 1 is 1.03 bits per heavy atom. The Morgan fingerprint density at radius 3 is 2.65 bits per heavy atom. The lowest BCUT2D eigenvalue weighted by Crippen LogP contribution is -2.34. The molecule has 0 bridgehead atoms. The molecule has 1 aliphatic carbocycles. The second-order valence-electron chi connectivity index (χ2n) is 8.23. The van der Waals surface area contributed by atoms with Gasteiger partial charge in [0.2, 0.25) is 0 Å². The van der Waals surface area contributed by atoms with E-state index in [9.17, 15) is 18.4 Å². The molecular formula is C24H21F2N3O2. The molecule has 1 atom stereocenters. The number of aromatic amines is 2. The van der Waals surface area contributed by atoms with Crippen molar-refractivity contribution in [3.63, 3.8) is 0 Å². The van der Waals surface area contributed by atoms with Gasteiger partial charge in [0.15, 0.2) is 0 Å². The highest BCUT2D eigenvalue weighted by atomic mass is 19.1. The lowest BCUT2D eigenvalue weighted by Gasteiger charge is -2.33. The highest BCUT2D eigenvalue weighted by Gasteiger charge is 2.31. The molecule has 0 saturated heterocycles. The molecule has 0 fully saturated rings. The Balaban J connectivity index is 1.60. The van der Waals surface area contributed by atoms with E-state index in [0.29, 0.717) is 23.0 Å². The number of rotatable bonds is 2. The monoisotopic (exact) mass is 421 g/mol. The first kappa shape index (κ1) is 19.5. The molecule has 1 unspecified atom stereocenters. The highest BCUT2D eigenvalue weighted by Crippen LogP contribution is 2.37. The van der Waals surface area contributed by atoms with Crippen LogP contribution < -0.4 is 5.56 Å². The van der Waals surface area contributed by atoms with E-state index in [0.717, 1.165) is 35.0 Å². The SMILES string of the molecule is Cc1cc(F)cc2[nH]c(C(=O)N(C)C3CCCc4[nH]c(=O)c5cc(F)ccc5c43)cc12. The third kappa shape index (κ3) is 3.12. The number of halogens is 2. The Labute approximate surface area is 176 Å². The molecule has 2 N–H and O–H groups in total. The van der Waals surface area contributed by atoms with E-state index in [4.69, 9.17) is 0 Å². The number of hydrogen-bond acceptors (Lipinski definition) is 2. The van der Waals surface area contributed by atoms with Gasteiger partial charge in [-0.15, -0.1) is 0 Å². The molecule has 2 aromatic heterocycles. The fourth-order valence-electron chi connectivity index (χ4n) is 4.78. The van der Waals surface area contributed by atoms with E-state index in [2.05, 4.69) is 9.97 Å². The van der Waals surface area contributed by atoms with Crippen LogP contribution in [0.1, 0.15) is 46.2 Å². The predicted octanol–water partition coefficient (Wildman–Crippen LogP) is 4.75. The molecule has 1 amide bonds. The Kier molecular flexibility index (Phi) is 4.43. The Hall–Kier alpha value is -3.48. The van der Waals surface area contributed by atoms with E-state index in [1.165, 1.54) is 24.3 Å². The number of amides is 1. The van der Waals surface area contributed by atoms with Gasteiger partial charge in [-0.2, -0.15) is 0 Å². The maximum absolute atomic E-state index is 13.8. The second-order valence-corrected chi connectivity index (χ2v) is 8.23. The number of carbonyl (C=O) groups is 1. The lowest BCUT2D eigenvalue weighted by atomic mass is 9.86. The molecule has 31 heavy (non-hydrogen) atoms. The summed E-state index contributed by atoms with van der Waals surface area (Å²) in [5.41, 5.74) is 3.02. The van der Waals surface area contributed by atoms with Crippen LogP contribution in [-0.4, -0.2) is 27.8 Å². The number of fused-ring (bicyclic) bond motifs is 4. The number of carbonyl (C=O) groups excluding carboxylic acids is 1. The van der Waals surface area contributed by atoms with Crippen molar-refractivity contribution in [2.45, 2.75) is 32.2 Å². The van der Waals surface area contributed by atoms with Gasteiger partial charge < -0.3 is 14.9 Å². The average molecular weight is 421 g/mol. The van der Waals surface area contributed by atoms with Crippen LogP contribution in [0.4, 0.5) is 8.78 Å². The first-order valence-corrected chi connectivity index (χ1v) is 10.2. The topological polar surface area (TPSA) is 69.0 Å². The van der Waals surface area contributed by atoms with Gasteiger partial charge in [0.05, 0.1) is 11.4 Å². The number of H-pyrrole nitrogens is 2. The first-order valence-electron chi connectivity index (χ1n) is 10.2. The summed E-state index contributed by atoms with van der Waals surface area (Å²) in [4.78, 5) is 33.4. The number of aromatic nitrogens is 2. The summed E-state index contributed by atoms with van der Waals surface area (Å²) in [5.74, 6) is -1.06. The summed E-state index contributed by atoms with van der Waals surface area (Å²) in [6.45, 7) is 1.80. The molecule has 5 nitrogen and oxygen atoms in total. The zero-order chi connectivity index (χ0) is 21.9. The summed E-state index contributed by atoms with van der Waals surface area (Å²) in [7, 11) is 1.72. The predicted molar refractivity (Wildman–Crippen MR) is 115 cm³/mol. The van der Waals surface area contributed by atoms with Crippen LogP contribution in [0.3, 0.4) is 0 Å². The minimum absolute atomic E-state index is 0.227. The maximum Gasteiger partial charge on any atom is 0.270 e. The fraction of sp³-hybridized carbons (Fsp3) is 0.250. The molecule has 5 rings (SSSR count). The van der Waals surface area contributed by atoms with Gasteiger partial charge in [-0.05, 0) is 67.5 Å². The number of benzene rings is 2. The van der Waals surface area contributed by atoms with Gasteiger partial charge in [0, 0.05) is 29.2 Å². The van der Waals surface area contributed by atoms with Crippen molar-refractivity contribution in [1.82, 2.24) is 14.9 Å². The van der Waals surface area contributed by atoms with Crippen molar-refractivity contribution in [3.8, 4) is 0 Å². The summed E-state index contributed by atoms with van der Waals surface area (Å²) in [6.07, 6.45) is 2.23. The third-order valence-electron chi connectivity index (χ3n) is 6.27. The van der Waals surface area contributed by atoms with E-state index in [1.54, 1.807) is 31.0 Å². The van der Waals surface area contributed by atoms with E-state index in [-0.39, 0.29) is 28.7 Å². The molecule has 2 aromatic carbocycles. The van der Waals surface area contributed by atoms with Crippen molar-refractivity contribution in [2.24, 2.45) is 0 Å². The molecule has 1 aliphatic rings. The summed E-state index contributed by atoms with van der Waals surface area (Å²) < 4.78 is 27.5. The quantitative estimate of drug-likeness (QED) is 0.491. The van der Waals surface area contributed by atoms with Crippen LogP contribution in [0.5, 0.6) is 0 Å². The van der Waals surface area contributed by atoms with Gasteiger partial charge in [0.25, 0.3) is 11.5 Å².